The molecule has 1 fully saturated rings. The van der Waals surface area contributed by atoms with Gasteiger partial charge in [0.1, 0.15) is 0 Å². The minimum Gasteiger partial charge on any atom is -0.478 e. The minimum absolute atomic E-state index is 0.00249. The summed E-state index contributed by atoms with van der Waals surface area (Å²) in [6, 6.07) is 4.06. The van der Waals surface area contributed by atoms with Crippen LogP contribution < -0.4 is 5.32 Å². The SMILES string of the molecule is Cc1cc(C(=O)O)c2c(c1)[C@H]1OCCC[C@H]1[C@H](C1C=CC=CC1)N2. The highest BCUT2D eigenvalue weighted by Crippen LogP contribution is 2.47. The van der Waals surface area contributed by atoms with Gasteiger partial charge in [-0.25, -0.2) is 4.79 Å². The van der Waals surface area contributed by atoms with Crippen molar-refractivity contribution in [2.45, 2.75) is 38.3 Å². The first-order valence-electron chi connectivity index (χ1n) is 8.74. The fraction of sp³-hybridized carbons (Fsp3) is 0.450. The molecule has 0 aromatic heterocycles. The smallest absolute Gasteiger partial charge is 0.337 e. The predicted octanol–water partition coefficient (Wildman–Crippen LogP) is 4.09. The van der Waals surface area contributed by atoms with Crippen LogP contribution in [0.25, 0.3) is 0 Å². The van der Waals surface area contributed by atoms with Crippen LogP contribution in [0.1, 0.15) is 46.9 Å². The number of anilines is 1. The molecule has 0 bridgehead atoms. The molecule has 1 unspecified atom stereocenters. The summed E-state index contributed by atoms with van der Waals surface area (Å²) < 4.78 is 6.14. The molecular weight excluding hydrogens is 302 g/mol. The van der Waals surface area contributed by atoms with E-state index in [0.29, 0.717) is 17.4 Å². The fourth-order valence-corrected chi connectivity index (χ4v) is 4.43. The maximum Gasteiger partial charge on any atom is 0.337 e. The van der Waals surface area contributed by atoms with Gasteiger partial charge in [0.05, 0.1) is 17.4 Å². The van der Waals surface area contributed by atoms with Crippen LogP contribution in [0.2, 0.25) is 0 Å². The first-order valence-corrected chi connectivity index (χ1v) is 8.74. The Labute approximate surface area is 142 Å². The highest BCUT2D eigenvalue weighted by Gasteiger charge is 2.42. The number of hydrogen-bond acceptors (Lipinski definition) is 3. The van der Waals surface area contributed by atoms with Crippen molar-refractivity contribution in [2.75, 3.05) is 11.9 Å². The molecule has 0 spiro atoms. The molecule has 2 aliphatic heterocycles. The monoisotopic (exact) mass is 325 g/mol. The van der Waals surface area contributed by atoms with Crippen molar-refractivity contribution in [2.24, 2.45) is 11.8 Å². The summed E-state index contributed by atoms with van der Waals surface area (Å²) in [4.78, 5) is 11.8. The topological polar surface area (TPSA) is 58.6 Å². The van der Waals surface area contributed by atoms with E-state index in [1.807, 2.05) is 6.92 Å². The Morgan fingerprint density at radius 3 is 2.96 bits per heavy atom. The van der Waals surface area contributed by atoms with Gasteiger partial charge in [-0.2, -0.15) is 0 Å². The second kappa shape index (κ2) is 6.10. The fourth-order valence-electron chi connectivity index (χ4n) is 4.43. The highest BCUT2D eigenvalue weighted by atomic mass is 16.5. The number of carbonyl (C=O) groups is 1. The van der Waals surface area contributed by atoms with Crippen molar-refractivity contribution in [1.82, 2.24) is 0 Å². The van der Waals surface area contributed by atoms with Gasteiger partial charge in [0.25, 0.3) is 0 Å². The van der Waals surface area contributed by atoms with Crippen LogP contribution in [0, 0.1) is 18.8 Å². The third kappa shape index (κ3) is 2.55. The molecule has 4 nitrogen and oxygen atoms in total. The van der Waals surface area contributed by atoms with Crippen molar-refractivity contribution < 1.29 is 14.6 Å². The van der Waals surface area contributed by atoms with Crippen LogP contribution in [0.15, 0.2) is 36.4 Å². The van der Waals surface area contributed by atoms with Gasteiger partial charge < -0.3 is 15.2 Å². The molecule has 2 heterocycles. The zero-order chi connectivity index (χ0) is 16.7. The van der Waals surface area contributed by atoms with Gasteiger partial charge in [-0.1, -0.05) is 30.4 Å². The van der Waals surface area contributed by atoms with Gasteiger partial charge >= 0.3 is 5.97 Å². The molecule has 1 saturated heterocycles. The number of fused-ring (bicyclic) bond motifs is 3. The van der Waals surface area contributed by atoms with E-state index in [9.17, 15) is 9.90 Å². The van der Waals surface area contributed by atoms with Crippen LogP contribution >= 0.6 is 0 Å². The van der Waals surface area contributed by atoms with Crippen LogP contribution in [0.5, 0.6) is 0 Å². The first-order chi connectivity index (χ1) is 11.6. The Hall–Kier alpha value is -2.07. The van der Waals surface area contributed by atoms with Gasteiger partial charge in [0.2, 0.25) is 0 Å². The molecule has 4 atom stereocenters. The largest absolute Gasteiger partial charge is 0.478 e. The van der Waals surface area contributed by atoms with Crippen LogP contribution in [-0.2, 0) is 4.74 Å². The van der Waals surface area contributed by atoms with Gasteiger partial charge in [0, 0.05) is 30.0 Å². The predicted molar refractivity (Wildman–Crippen MR) is 93.4 cm³/mol. The average molecular weight is 325 g/mol. The van der Waals surface area contributed by atoms with Crippen LogP contribution in [0.3, 0.4) is 0 Å². The van der Waals surface area contributed by atoms with E-state index in [4.69, 9.17) is 4.74 Å². The molecule has 0 saturated carbocycles. The lowest BCUT2D eigenvalue weighted by Crippen LogP contribution is -2.45. The molecule has 1 aromatic carbocycles. The standard InChI is InChI=1S/C20H23NO3/c1-12-10-15-18(16(11-12)20(22)23)21-17(13-6-3-2-4-7-13)14-8-5-9-24-19(14)15/h2-4,6,10-11,13-14,17,19,21H,5,7-9H2,1H3,(H,22,23)/t13?,14-,17-,19-/m0/s1. The Bertz CT molecular complexity index is 722. The highest BCUT2D eigenvalue weighted by molar-refractivity contribution is 5.96. The summed E-state index contributed by atoms with van der Waals surface area (Å²) in [6.45, 7) is 2.70. The first kappa shape index (κ1) is 15.5. The normalized spacial score (nSPS) is 31.0. The zero-order valence-corrected chi connectivity index (χ0v) is 13.9. The number of carboxylic acid groups (broad SMARTS) is 1. The third-order valence-corrected chi connectivity index (χ3v) is 5.47. The second-order valence-corrected chi connectivity index (χ2v) is 7.06. The average Bonchev–Trinajstić information content (AvgIpc) is 2.61. The molecule has 4 rings (SSSR count). The van der Waals surface area contributed by atoms with Crippen molar-refractivity contribution >= 4 is 11.7 Å². The molecule has 0 radical (unpaired) electrons. The molecule has 2 N–H and O–H groups in total. The molecule has 4 heteroatoms. The van der Waals surface area contributed by atoms with Crippen molar-refractivity contribution in [3.8, 4) is 0 Å². The Kier molecular flexibility index (Phi) is 3.93. The summed E-state index contributed by atoms with van der Waals surface area (Å²) in [7, 11) is 0. The Balaban J connectivity index is 1.80. The number of rotatable bonds is 2. The number of nitrogens with one attached hydrogen (secondary N) is 1. The summed E-state index contributed by atoms with van der Waals surface area (Å²) >= 11 is 0. The van der Waals surface area contributed by atoms with E-state index < -0.39 is 5.97 Å². The maximum atomic E-state index is 11.8. The van der Waals surface area contributed by atoms with Gasteiger partial charge in [0.15, 0.2) is 0 Å². The second-order valence-electron chi connectivity index (χ2n) is 7.06. The van der Waals surface area contributed by atoms with E-state index in [1.54, 1.807) is 6.07 Å². The van der Waals surface area contributed by atoms with E-state index in [2.05, 4.69) is 35.7 Å². The number of benzene rings is 1. The lowest BCUT2D eigenvalue weighted by molar-refractivity contribution is -0.0418. The number of aromatic carboxylic acids is 1. The van der Waals surface area contributed by atoms with Crippen molar-refractivity contribution in [1.29, 1.82) is 0 Å². The number of hydrogen-bond donors (Lipinski definition) is 2. The number of ether oxygens (including phenoxy) is 1. The number of aryl methyl sites for hydroxylation is 1. The molecule has 1 aliphatic carbocycles. The molecule has 126 valence electrons. The Morgan fingerprint density at radius 1 is 1.33 bits per heavy atom. The molecule has 1 aromatic rings. The lowest BCUT2D eigenvalue weighted by Gasteiger charge is -2.46. The van der Waals surface area contributed by atoms with Crippen molar-refractivity contribution in [3.63, 3.8) is 0 Å². The van der Waals surface area contributed by atoms with E-state index in [1.165, 1.54) is 0 Å². The molecule has 24 heavy (non-hydrogen) atoms. The van der Waals surface area contributed by atoms with E-state index in [0.717, 1.165) is 42.7 Å². The lowest BCUT2D eigenvalue weighted by atomic mass is 9.73. The molecular formula is C20H23NO3. The third-order valence-electron chi connectivity index (χ3n) is 5.47. The summed E-state index contributed by atoms with van der Waals surface area (Å²) in [6.07, 6.45) is 11.8. The molecule has 3 aliphatic rings. The zero-order valence-electron chi connectivity index (χ0n) is 13.9. The summed E-state index contributed by atoms with van der Waals surface area (Å²) in [5, 5.41) is 13.2. The Morgan fingerprint density at radius 2 is 2.21 bits per heavy atom. The van der Waals surface area contributed by atoms with E-state index >= 15 is 0 Å². The minimum atomic E-state index is -0.880. The van der Waals surface area contributed by atoms with Gasteiger partial charge in [-0.05, 0) is 37.8 Å². The van der Waals surface area contributed by atoms with Crippen LogP contribution in [0.4, 0.5) is 5.69 Å². The number of carboxylic acids is 1. The van der Waals surface area contributed by atoms with Gasteiger partial charge in [-0.3, -0.25) is 0 Å². The molecule has 0 amide bonds. The summed E-state index contributed by atoms with van der Waals surface area (Å²) in [5.74, 6) is -0.120. The van der Waals surface area contributed by atoms with Crippen molar-refractivity contribution in [3.05, 3.63) is 53.1 Å². The van der Waals surface area contributed by atoms with Crippen LogP contribution in [-0.4, -0.2) is 23.7 Å². The maximum absolute atomic E-state index is 11.8. The number of allylic oxidation sites excluding steroid dienone is 3. The van der Waals surface area contributed by atoms with E-state index in [-0.39, 0.29) is 12.1 Å². The quantitative estimate of drug-likeness (QED) is 0.860. The summed E-state index contributed by atoms with van der Waals surface area (Å²) in [5.41, 5.74) is 3.10. The van der Waals surface area contributed by atoms with Gasteiger partial charge in [-0.15, -0.1) is 0 Å².